The average Bonchev–Trinajstić information content (AvgIpc) is 3.23. The van der Waals surface area contributed by atoms with Crippen molar-refractivity contribution in [3.8, 4) is 11.6 Å². The number of nitrogens with zero attached hydrogens (tertiary/aromatic N) is 4. The highest BCUT2D eigenvalue weighted by Gasteiger charge is 2.15. The Hall–Kier alpha value is -3.16. The second-order valence-corrected chi connectivity index (χ2v) is 5.50. The minimum absolute atomic E-state index is 0.0982. The molecule has 3 heterocycles. The van der Waals surface area contributed by atoms with Crippen molar-refractivity contribution in [1.82, 2.24) is 24.8 Å². The highest BCUT2D eigenvalue weighted by molar-refractivity contribution is 5.98. The number of rotatable bonds is 5. The molecular weight excluding hydrogens is 308 g/mol. The van der Waals surface area contributed by atoms with Crippen LogP contribution in [-0.4, -0.2) is 25.4 Å². The summed E-state index contributed by atoms with van der Waals surface area (Å²) in [7, 11) is 0. The van der Waals surface area contributed by atoms with Crippen molar-refractivity contribution >= 4 is 11.7 Å². The summed E-state index contributed by atoms with van der Waals surface area (Å²) in [5, 5.41) is 2.79. The Kier molecular flexibility index (Phi) is 4.28. The molecule has 0 aliphatic heterocycles. The SMILES string of the molecule is CC(C)n1ccnc1CNC(=O)c1cnc(-c2ccco2)nc1N. The van der Waals surface area contributed by atoms with Gasteiger partial charge in [-0.25, -0.2) is 15.0 Å². The van der Waals surface area contributed by atoms with E-state index in [1.165, 1.54) is 12.5 Å². The lowest BCUT2D eigenvalue weighted by molar-refractivity contribution is 0.0949. The second kappa shape index (κ2) is 6.53. The molecule has 0 aliphatic carbocycles. The number of furan rings is 1. The number of carbonyl (C=O) groups is 1. The van der Waals surface area contributed by atoms with E-state index in [1.54, 1.807) is 18.3 Å². The van der Waals surface area contributed by atoms with Gasteiger partial charge in [0.15, 0.2) is 11.6 Å². The molecule has 3 rings (SSSR count). The topological polar surface area (TPSA) is 112 Å². The third-order valence-electron chi connectivity index (χ3n) is 3.52. The highest BCUT2D eigenvalue weighted by atomic mass is 16.3. The number of carbonyl (C=O) groups excluding carboxylic acids is 1. The summed E-state index contributed by atoms with van der Waals surface area (Å²) < 4.78 is 7.20. The molecule has 124 valence electrons. The maximum absolute atomic E-state index is 12.3. The largest absolute Gasteiger partial charge is 0.461 e. The first-order valence-corrected chi connectivity index (χ1v) is 7.52. The van der Waals surface area contributed by atoms with Crippen molar-refractivity contribution in [3.05, 3.63) is 48.4 Å². The minimum Gasteiger partial charge on any atom is -0.461 e. The predicted octanol–water partition coefficient (Wildman–Crippen LogP) is 2.03. The second-order valence-electron chi connectivity index (χ2n) is 5.50. The number of hydrogen-bond donors (Lipinski definition) is 2. The van der Waals surface area contributed by atoms with Crippen LogP contribution in [0.4, 0.5) is 5.82 Å². The lowest BCUT2D eigenvalue weighted by Crippen LogP contribution is -2.26. The maximum atomic E-state index is 12.3. The van der Waals surface area contributed by atoms with Crippen molar-refractivity contribution in [3.63, 3.8) is 0 Å². The summed E-state index contributed by atoms with van der Waals surface area (Å²) in [6.07, 6.45) is 6.50. The molecule has 3 aromatic rings. The Balaban J connectivity index is 1.72. The van der Waals surface area contributed by atoms with Gasteiger partial charge in [0.2, 0.25) is 0 Å². The zero-order chi connectivity index (χ0) is 17.1. The fourth-order valence-corrected chi connectivity index (χ4v) is 2.30. The van der Waals surface area contributed by atoms with Crippen LogP contribution in [0.2, 0.25) is 0 Å². The van der Waals surface area contributed by atoms with Gasteiger partial charge >= 0.3 is 0 Å². The van der Waals surface area contributed by atoms with E-state index >= 15 is 0 Å². The van der Waals surface area contributed by atoms with E-state index < -0.39 is 0 Å². The van der Waals surface area contributed by atoms with E-state index in [-0.39, 0.29) is 23.3 Å². The van der Waals surface area contributed by atoms with E-state index in [9.17, 15) is 4.79 Å². The van der Waals surface area contributed by atoms with Gasteiger partial charge in [-0.05, 0) is 26.0 Å². The number of nitrogen functional groups attached to an aromatic ring is 1. The van der Waals surface area contributed by atoms with Crippen molar-refractivity contribution in [2.75, 3.05) is 5.73 Å². The van der Waals surface area contributed by atoms with E-state index in [4.69, 9.17) is 10.2 Å². The molecular formula is C16H18N6O2. The summed E-state index contributed by atoms with van der Waals surface area (Å²) in [5.74, 6) is 1.35. The molecule has 1 amide bonds. The number of imidazole rings is 1. The number of anilines is 1. The number of aromatic nitrogens is 4. The predicted molar refractivity (Wildman–Crippen MR) is 87.9 cm³/mol. The first-order chi connectivity index (χ1) is 11.6. The normalized spacial score (nSPS) is 11.0. The molecule has 0 spiro atoms. The summed E-state index contributed by atoms with van der Waals surface area (Å²) in [4.78, 5) is 24.8. The lowest BCUT2D eigenvalue weighted by Gasteiger charge is -2.12. The molecule has 0 saturated heterocycles. The summed E-state index contributed by atoms with van der Waals surface area (Å²) in [5.41, 5.74) is 6.10. The highest BCUT2D eigenvalue weighted by Crippen LogP contribution is 2.18. The van der Waals surface area contributed by atoms with Gasteiger partial charge in [0.25, 0.3) is 5.91 Å². The van der Waals surface area contributed by atoms with Crippen molar-refractivity contribution in [2.24, 2.45) is 0 Å². The lowest BCUT2D eigenvalue weighted by atomic mass is 10.2. The fourth-order valence-electron chi connectivity index (χ4n) is 2.30. The van der Waals surface area contributed by atoms with Gasteiger partial charge in [0, 0.05) is 24.6 Å². The molecule has 0 aromatic carbocycles. The zero-order valence-corrected chi connectivity index (χ0v) is 13.4. The molecule has 0 aliphatic rings. The Labute approximate surface area is 138 Å². The smallest absolute Gasteiger partial charge is 0.256 e. The van der Waals surface area contributed by atoms with E-state index in [0.29, 0.717) is 18.1 Å². The van der Waals surface area contributed by atoms with Crippen LogP contribution < -0.4 is 11.1 Å². The molecule has 3 aromatic heterocycles. The average molecular weight is 326 g/mol. The Bertz CT molecular complexity index is 838. The molecule has 0 radical (unpaired) electrons. The molecule has 8 heteroatoms. The Morgan fingerprint density at radius 2 is 2.25 bits per heavy atom. The summed E-state index contributed by atoms with van der Waals surface area (Å²) in [6.45, 7) is 4.39. The molecule has 0 fully saturated rings. The fraction of sp³-hybridized carbons (Fsp3) is 0.250. The molecule has 0 atom stereocenters. The first-order valence-electron chi connectivity index (χ1n) is 7.52. The van der Waals surface area contributed by atoms with Gasteiger partial charge in [0.05, 0.1) is 18.4 Å². The van der Waals surface area contributed by atoms with E-state index in [1.807, 2.05) is 24.6 Å². The quantitative estimate of drug-likeness (QED) is 0.742. The minimum atomic E-state index is -0.350. The standard InChI is InChI=1S/C16H18N6O2/c1-10(2)22-6-5-18-13(22)9-20-16(23)11-8-19-15(21-14(11)17)12-4-3-7-24-12/h3-8,10H,9H2,1-2H3,(H,20,23)(H2,17,19,21). The molecule has 8 nitrogen and oxygen atoms in total. The van der Waals surface area contributed by atoms with E-state index in [0.717, 1.165) is 5.82 Å². The number of amides is 1. The van der Waals surface area contributed by atoms with Crippen molar-refractivity contribution in [2.45, 2.75) is 26.4 Å². The summed E-state index contributed by atoms with van der Waals surface area (Å²) >= 11 is 0. The molecule has 0 bridgehead atoms. The number of nitrogens with two attached hydrogens (primary N) is 1. The molecule has 0 saturated carbocycles. The van der Waals surface area contributed by atoms with Crippen LogP contribution in [0.5, 0.6) is 0 Å². The molecule has 0 unspecified atom stereocenters. The van der Waals surface area contributed by atoms with Crippen molar-refractivity contribution in [1.29, 1.82) is 0 Å². The number of nitrogens with one attached hydrogen (secondary N) is 1. The van der Waals surface area contributed by atoms with Crippen LogP contribution in [-0.2, 0) is 6.54 Å². The third kappa shape index (κ3) is 3.12. The van der Waals surface area contributed by atoms with E-state index in [2.05, 4.69) is 20.3 Å². The first kappa shape index (κ1) is 15.7. The Morgan fingerprint density at radius 3 is 2.92 bits per heavy atom. The maximum Gasteiger partial charge on any atom is 0.256 e. The van der Waals surface area contributed by atoms with Crippen LogP contribution in [0.15, 0.2) is 41.4 Å². The van der Waals surface area contributed by atoms with Gasteiger partial charge in [-0.2, -0.15) is 0 Å². The van der Waals surface area contributed by atoms with Gasteiger partial charge in [-0.1, -0.05) is 0 Å². The van der Waals surface area contributed by atoms with Crippen LogP contribution in [0.1, 0.15) is 36.1 Å². The van der Waals surface area contributed by atoms with Crippen molar-refractivity contribution < 1.29 is 9.21 Å². The van der Waals surface area contributed by atoms with Crippen LogP contribution >= 0.6 is 0 Å². The van der Waals surface area contributed by atoms with Crippen LogP contribution in [0, 0.1) is 0 Å². The van der Waals surface area contributed by atoms with Gasteiger partial charge in [-0.3, -0.25) is 4.79 Å². The monoisotopic (exact) mass is 326 g/mol. The molecule has 3 N–H and O–H groups in total. The summed E-state index contributed by atoms with van der Waals surface area (Å²) in [6, 6.07) is 3.72. The molecule has 24 heavy (non-hydrogen) atoms. The van der Waals surface area contributed by atoms with Gasteiger partial charge in [0.1, 0.15) is 11.6 Å². The van der Waals surface area contributed by atoms with Gasteiger partial charge < -0.3 is 20.0 Å². The number of hydrogen-bond acceptors (Lipinski definition) is 6. The zero-order valence-electron chi connectivity index (χ0n) is 13.4. The third-order valence-corrected chi connectivity index (χ3v) is 3.52. The van der Waals surface area contributed by atoms with Crippen LogP contribution in [0.25, 0.3) is 11.6 Å². The Morgan fingerprint density at radius 1 is 1.42 bits per heavy atom. The van der Waals surface area contributed by atoms with Gasteiger partial charge in [-0.15, -0.1) is 0 Å². The van der Waals surface area contributed by atoms with Crippen LogP contribution in [0.3, 0.4) is 0 Å².